The van der Waals surface area contributed by atoms with E-state index in [1.807, 2.05) is 41.3 Å². The van der Waals surface area contributed by atoms with Crippen molar-refractivity contribution < 1.29 is 4.79 Å². The zero-order valence-corrected chi connectivity index (χ0v) is 10.2. The summed E-state index contributed by atoms with van der Waals surface area (Å²) in [6, 6.07) is 16.2. The Labute approximate surface area is 106 Å². The molecule has 0 radical (unpaired) electrons. The van der Waals surface area contributed by atoms with Crippen molar-refractivity contribution in [1.29, 1.82) is 0 Å². The molecule has 0 spiro atoms. The highest BCUT2D eigenvalue weighted by Gasteiger charge is 2.51. The van der Waals surface area contributed by atoms with Crippen LogP contribution in [0.25, 0.3) is 0 Å². The van der Waals surface area contributed by atoms with Crippen molar-refractivity contribution in [2.24, 2.45) is 0 Å². The van der Waals surface area contributed by atoms with E-state index < -0.39 is 0 Å². The average Bonchev–Trinajstić information content (AvgIpc) is 2.81. The van der Waals surface area contributed by atoms with E-state index in [2.05, 4.69) is 19.1 Å². The molecule has 88 valence electrons. The summed E-state index contributed by atoms with van der Waals surface area (Å²) in [5, 5.41) is 0. The van der Waals surface area contributed by atoms with Crippen molar-refractivity contribution in [2.45, 2.75) is 18.9 Å². The molecule has 2 aromatic rings. The first-order chi connectivity index (χ1) is 8.72. The lowest BCUT2D eigenvalue weighted by molar-refractivity contribution is 0.0983. The lowest BCUT2D eigenvalue weighted by Gasteiger charge is -2.28. The van der Waals surface area contributed by atoms with Crippen LogP contribution in [0, 0.1) is 0 Å². The molecule has 0 saturated carbocycles. The van der Waals surface area contributed by atoms with Gasteiger partial charge in [0, 0.05) is 17.7 Å². The normalized spacial score (nSPS) is 23.8. The maximum atomic E-state index is 12.6. The maximum absolute atomic E-state index is 12.6. The number of benzene rings is 2. The summed E-state index contributed by atoms with van der Waals surface area (Å²) in [5.74, 6) is 0.137. The molecule has 2 aromatic carbocycles. The Bertz CT molecular complexity index is 676. The largest absolute Gasteiger partial charge is 0.298 e. The molecule has 0 aromatic heterocycles. The number of nitrogens with zero attached hydrogens (tertiary/aromatic N) is 1. The molecule has 4 rings (SSSR count). The number of amides is 1. The molecule has 0 saturated heterocycles. The Kier molecular flexibility index (Phi) is 1.66. The molecule has 0 aliphatic carbocycles. The summed E-state index contributed by atoms with van der Waals surface area (Å²) < 4.78 is 0. The van der Waals surface area contributed by atoms with E-state index in [-0.39, 0.29) is 11.4 Å². The molecule has 0 unspecified atom stereocenters. The van der Waals surface area contributed by atoms with E-state index in [4.69, 9.17) is 0 Å². The second kappa shape index (κ2) is 3.02. The van der Waals surface area contributed by atoms with Gasteiger partial charge >= 0.3 is 0 Å². The summed E-state index contributed by atoms with van der Waals surface area (Å²) in [4.78, 5) is 14.5. The molecule has 2 aliphatic heterocycles. The van der Waals surface area contributed by atoms with Crippen molar-refractivity contribution in [2.75, 3.05) is 4.90 Å². The molecule has 0 fully saturated rings. The first kappa shape index (κ1) is 9.89. The van der Waals surface area contributed by atoms with Crippen LogP contribution in [0.5, 0.6) is 0 Å². The monoisotopic (exact) mass is 235 g/mol. The van der Waals surface area contributed by atoms with Crippen molar-refractivity contribution >= 4 is 11.6 Å². The van der Waals surface area contributed by atoms with E-state index in [0.717, 1.165) is 23.2 Å². The number of hydrogen-bond donors (Lipinski definition) is 0. The second-order valence-corrected chi connectivity index (χ2v) is 5.27. The molecule has 1 amide bonds. The van der Waals surface area contributed by atoms with E-state index in [9.17, 15) is 4.79 Å². The van der Waals surface area contributed by atoms with Crippen LogP contribution in [0.15, 0.2) is 48.5 Å². The molecule has 2 nitrogen and oxygen atoms in total. The van der Waals surface area contributed by atoms with Crippen molar-refractivity contribution in [1.82, 2.24) is 0 Å². The molecule has 18 heavy (non-hydrogen) atoms. The lowest BCUT2D eigenvalue weighted by atomic mass is 9.88. The third kappa shape index (κ3) is 0.969. The topological polar surface area (TPSA) is 20.3 Å². The second-order valence-electron chi connectivity index (χ2n) is 5.27. The van der Waals surface area contributed by atoms with E-state index in [1.165, 1.54) is 5.56 Å². The fourth-order valence-corrected chi connectivity index (χ4v) is 3.40. The number of para-hydroxylation sites is 1. The van der Waals surface area contributed by atoms with Gasteiger partial charge in [0.2, 0.25) is 0 Å². The third-order valence-electron chi connectivity index (χ3n) is 4.20. The Morgan fingerprint density at radius 3 is 2.67 bits per heavy atom. The Hall–Kier alpha value is -2.09. The van der Waals surface area contributed by atoms with Crippen LogP contribution in [-0.4, -0.2) is 5.91 Å². The number of hydrogen-bond acceptors (Lipinski definition) is 1. The van der Waals surface area contributed by atoms with Crippen LogP contribution >= 0.6 is 0 Å². The number of carbonyl (C=O) groups excluding carboxylic acids is 1. The zero-order chi connectivity index (χ0) is 12.3. The van der Waals surface area contributed by atoms with Crippen molar-refractivity contribution in [3.8, 4) is 0 Å². The van der Waals surface area contributed by atoms with E-state index >= 15 is 0 Å². The minimum Gasteiger partial charge on any atom is -0.298 e. The zero-order valence-electron chi connectivity index (χ0n) is 10.2. The predicted octanol–water partition coefficient (Wildman–Crippen LogP) is 3.12. The van der Waals surface area contributed by atoms with Crippen LogP contribution in [-0.2, 0) is 12.0 Å². The highest BCUT2D eigenvalue weighted by molar-refractivity contribution is 6.13. The van der Waals surface area contributed by atoms with Crippen molar-refractivity contribution in [3.63, 3.8) is 0 Å². The summed E-state index contributed by atoms with van der Waals surface area (Å²) in [7, 11) is 0. The quantitative estimate of drug-likeness (QED) is 0.687. The SMILES string of the molecule is C[C@@]12Cc3ccccc3N1C(=O)c1ccccc12. The molecule has 2 heterocycles. The summed E-state index contributed by atoms with van der Waals surface area (Å²) in [6.07, 6.45) is 0.909. The van der Waals surface area contributed by atoms with Crippen LogP contribution in [0.4, 0.5) is 5.69 Å². The number of fused-ring (bicyclic) bond motifs is 5. The Morgan fingerprint density at radius 1 is 1.06 bits per heavy atom. The highest BCUT2D eigenvalue weighted by atomic mass is 16.2. The van der Waals surface area contributed by atoms with Crippen LogP contribution in [0.2, 0.25) is 0 Å². The summed E-state index contributed by atoms with van der Waals surface area (Å²) in [5.41, 5.74) is 4.15. The molecule has 2 aliphatic rings. The highest BCUT2D eigenvalue weighted by Crippen LogP contribution is 2.50. The summed E-state index contributed by atoms with van der Waals surface area (Å²) >= 11 is 0. The molecular weight excluding hydrogens is 222 g/mol. The van der Waals surface area contributed by atoms with Gasteiger partial charge in [0.15, 0.2) is 0 Å². The number of carbonyl (C=O) groups is 1. The number of rotatable bonds is 0. The van der Waals surface area contributed by atoms with Gasteiger partial charge in [0.25, 0.3) is 5.91 Å². The third-order valence-corrected chi connectivity index (χ3v) is 4.20. The maximum Gasteiger partial charge on any atom is 0.259 e. The lowest BCUT2D eigenvalue weighted by Crippen LogP contribution is -2.38. The van der Waals surface area contributed by atoms with Gasteiger partial charge in [-0.2, -0.15) is 0 Å². The smallest absolute Gasteiger partial charge is 0.259 e. The molecular formula is C16H13NO. The Morgan fingerprint density at radius 2 is 1.78 bits per heavy atom. The van der Waals surface area contributed by atoms with Crippen molar-refractivity contribution in [3.05, 3.63) is 65.2 Å². The first-order valence-electron chi connectivity index (χ1n) is 6.24. The van der Waals surface area contributed by atoms with Gasteiger partial charge in [-0.05, 0) is 30.2 Å². The minimum absolute atomic E-state index is 0.137. The standard InChI is InChI=1S/C16H13NO/c1-16-10-11-6-2-5-9-14(11)17(16)15(18)12-7-3-4-8-13(12)16/h2-9H,10H2,1H3/t16-/m0/s1. The van der Waals surface area contributed by atoms with Gasteiger partial charge in [-0.15, -0.1) is 0 Å². The first-order valence-corrected chi connectivity index (χ1v) is 6.24. The van der Waals surface area contributed by atoms with Gasteiger partial charge in [0.05, 0.1) is 5.54 Å². The van der Waals surface area contributed by atoms with Gasteiger partial charge in [-0.1, -0.05) is 36.4 Å². The van der Waals surface area contributed by atoms with Crippen LogP contribution in [0.1, 0.15) is 28.4 Å². The predicted molar refractivity (Wildman–Crippen MR) is 70.7 cm³/mol. The average molecular weight is 235 g/mol. The molecule has 0 N–H and O–H groups in total. The number of anilines is 1. The van der Waals surface area contributed by atoms with Crippen LogP contribution < -0.4 is 4.90 Å². The van der Waals surface area contributed by atoms with Crippen LogP contribution in [0.3, 0.4) is 0 Å². The van der Waals surface area contributed by atoms with Gasteiger partial charge in [-0.25, -0.2) is 0 Å². The molecule has 1 atom stereocenters. The van der Waals surface area contributed by atoms with Gasteiger partial charge in [-0.3, -0.25) is 9.69 Å². The fraction of sp³-hybridized carbons (Fsp3) is 0.188. The van der Waals surface area contributed by atoms with Gasteiger partial charge in [0.1, 0.15) is 0 Å². The fourth-order valence-electron chi connectivity index (χ4n) is 3.40. The summed E-state index contributed by atoms with van der Waals surface area (Å²) in [6.45, 7) is 2.16. The van der Waals surface area contributed by atoms with E-state index in [1.54, 1.807) is 0 Å². The molecule has 2 heteroatoms. The Balaban J connectivity index is 2.01. The van der Waals surface area contributed by atoms with E-state index in [0.29, 0.717) is 0 Å². The van der Waals surface area contributed by atoms with Gasteiger partial charge < -0.3 is 0 Å². The molecule has 0 bridgehead atoms. The minimum atomic E-state index is -0.197.